The Morgan fingerprint density at radius 1 is 0.886 bits per heavy atom. The zero-order valence-electron chi connectivity index (χ0n) is 19.1. The maximum absolute atomic E-state index is 12.6. The summed E-state index contributed by atoms with van der Waals surface area (Å²) >= 11 is 0. The van der Waals surface area contributed by atoms with Crippen molar-refractivity contribution >= 4 is 34.1 Å². The molecule has 0 saturated heterocycles. The third-order valence-electron chi connectivity index (χ3n) is 5.26. The monoisotopic (exact) mass is 473 g/mol. The number of nitrogens with one attached hydrogen (secondary N) is 2. The van der Waals surface area contributed by atoms with Crippen LogP contribution >= 0.6 is 0 Å². The number of aromatic nitrogens is 3. The minimum Gasteiger partial charge on any atom is -0.494 e. The SMILES string of the molecule is COc1cc(NC(=O)c2ccccc2)c(OC)cc1NC(=O)CCn1nnc2ccccc2c1=O. The summed E-state index contributed by atoms with van der Waals surface area (Å²) < 4.78 is 12.0. The van der Waals surface area contributed by atoms with Crippen molar-refractivity contribution in [2.24, 2.45) is 0 Å². The van der Waals surface area contributed by atoms with Crippen molar-refractivity contribution < 1.29 is 19.1 Å². The number of benzene rings is 3. The van der Waals surface area contributed by atoms with Crippen LogP contribution in [0.5, 0.6) is 11.5 Å². The quantitative estimate of drug-likeness (QED) is 0.403. The number of fused-ring (bicyclic) bond motifs is 1. The molecule has 0 fully saturated rings. The fraction of sp³-hybridized carbons (Fsp3) is 0.160. The molecule has 0 saturated carbocycles. The fourth-order valence-corrected chi connectivity index (χ4v) is 3.47. The maximum Gasteiger partial charge on any atom is 0.277 e. The molecule has 0 bridgehead atoms. The van der Waals surface area contributed by atoms with Gasteiger partial charge in [-0.1, -0.05) is 35.5 Å². The molecule has 0 aliphatic rings. The van der Waals surface area contributed by atoms with Crippen LogP contribution in [-0.4, -0.2) is 41.0 Å². The lowest BCUT2D eigenvalue weighted by Gasteiger charge is -2.16. The summed E-state index contributed by atoms with van der Waals surface area (Å²) in [5, 5.41) is 13.9. The van der Waals surface area contributed by atoms with Crippen LogP contribution in [0.1, 0.15) is 16.8 Å². The molecule has 4 aromatic rings. The fourth-order valence-electron chi connectivity index (χ4n) is 3.47. The highest BCUT2D eigenvalue weighted by Crippen LogP contribution is 2.36. The molecule has 2 amide bonds. The van der Waals surface area contributed by atoms with Crippen LogP contribution in [0.15, 0.2) is 71.5 Å². The number of carbonyl (C=O) groups is 2. The number of aryl methyl sites for hydroxylation is 1. The minimum absolute atomic E-state index is 0.0229. The van der Waals surface area contributed by atoms with E-state index in [-0.39, 0.29) is 30.3 Å². The average Bonchev–Trinajstić information content (AvgIpc) is 2.89. The van der Waals surface area contributed by atoms with Gasteiger partial charge in [0.05, 0.1) is 37.5 Å². The molecule has 0 spiro atoms. The molecule has 0 atom stereocenters. The van der Waals surface area contributed by atoms with Gasteiger partial charge in [0.2, 0.25) is 5.91 Å². The van der Waals surface area contributed by atoms with Crippen molar-refractivity contribution in [3.8, 4) is 11.5 Å². The number of carbonyl (C=O) groups excluding carboxylic acids is 2. The van der Waals surface area contributed by atoms with E-state index in [4.69, 9.17) is 9.47 Å². The summed E-state index contributed by atoms with van der Waals surface area (Å²) in [5.41, 5.74) is 1.40. The molecule has 35 heavy (non-hydrogen) atoms. The number of methoxy groups -OCH3 is 2. The Bertz CT molecular complexity index is 1440. The summed E-state index contributed by atoms with van der Waals surface area (Å²) in [7, 11) is 2.90. The van der Waals surface area contributed by atoms with Gasteiger partial charge in [0.25, 0.3) is 11.5 Å². The van der Waals surface area contributed by atoms with Gasteiger partial charge in [-0.25, -0.2) is 4.68 Å². The Morgan fingerprint density at radius 2 is 1.51 bits per heavy atom. The van der Waals surface area contributed by atoms with Crippen LogP contribution in [0.4, 0.5) is 11.4 Å². The van der Waals surface area contributed by atoms with Crippen LogP contribution in [-0.2, 0) is 11.3 Å². The number of hydrogen-bond donors (Lipinski definition) is 2. The van der Waals surface area contributed by atoms with Gasteiger partial charge in [-0.15, -0.1) is 5.10 Å². The Kier molecular flexibility index (Phi) is 7.01. The van der Waals surface area contributed by atoms with E-state index >= 15 is 0 Å². The van der Waals surface area contributed by atoms with Crippen LogP contribution in [0.3, 0.4) is 0 Å². The predicted octanol–water partition coefficient (Wildman–Crippen LogP) is 3.09. The zero-order chi connectivity index (χ0) is 24.8. The smallest absolute Gasteiger partial charge is 0.277 e. The molecule has 0 aliphatic heterocycles. The molecule has 10 nitrogen and oxygen atoms in total. The van der Waals surface area contributed by atoms with Crippen molar-refractivity contribution in [2.45, 2.75) is 13.0 Å². The van der Waals surface area contributed by atoms with E-state index < -0.39 is 0 Å². The summed E-state index contributed by atoms with van der Waals surface area (Å²) in [6.45, 7) is 0.0488. The van der Waals surface area contributed by atoms with Crippen molar-refractivity contribution in [3.63, 3.8) is 0 Å². The van der Waals surface area contributed by atoms with Crippen molar-refractivity contribution in [1.82, 2.24) is 15.0 Å². The highest BCUT2D eigenvalue weighted by Gasteiger charge is 2.16. The lowest BCUT2D eigenvalue weighted by Crippen LogP contribution is -2.26. The van der Waals surface area contributed by atoms with Crippen LogP contribution in [0.2, 0.25) is 0 Å². The zero-order valence-corrected chi connectivity index (χ0v) is 19.1. The highest BCUT2D eigenvalue weighted by molar-refractivity contribution is 6.05. The van der Waals surface area contributed by atoms with E-state index in [1.165, 1.54) is 14.2 Å². The molecule has 10 heteroatoms. The molecule has 0 aliphatic carbocycles. The molecule has 3 aromatic carbocycles. The molecular weight excluding hydrogens is 450 g/mol. The first-order valence-corrected chi connectivity index (χ1v) is 10.7. The second-order valence-corrected chi connectivity index (χ2v) is 7.51. The van der Waals surface area contributed by atoms with Gasteiger partial charge in [0.1, 0.15) is 17.0 Å². The molecule has 178 valence electrons. The average molecular weight is 473 g/mol. The molecular formula is C25H23N5O5. The Hall–Kier alpha value is -4.73. The third kappa shape index (κ3) is 5.27. The first kappa shape index (κ1) is 23.4. The summed E-state index contributed by atoms with van der Waals surface area (Å²) in [5.74, 6) is -0.0230. The van der Waals surface area contributed by atoms with E-state index in [2.05, 4.69) is 20.9 Å². The predicted molar refractivity (Wildman–Crippen MR) is 131 cm³/mol. The molecule has 4 rings (SSSR count). The number of ether oxygens (including phenoxy) is 2. The van der Waals surface area contributed by atoms with Gasteiger partial charge in [0.15, 0.2) is 0 Å². The number of amides is 2. The normalized spacial score (nSPS) is 10.6. The van der Waals surface area contributed by atoms with Crippen molar-refractivity contribution in [3.05, 3.63) is 82.6 Å². The highest BCUT2D eigenvalue weighted by atomic mass is 16.5. The third-order valence-corrected chi connectivity index (χ3v) is 5.26. The van der Waals surface area contributed by atoms with Gasteiger partial charge in [-0.2, -0.15) is 0 Å². The van der Waals surface area contributed by atoms with Gasteiger partial charge in [-0.05, 0) is 24.3 Å². The Balaban J connectivity index is 1.48. The number of nitrogens with zero attached hydrogens (tertiary/aromatic N) is 3. The second-order valence-electron chi connectivity index (χ2n) is 7.51. The number of anilines is 2. The minimum atomic E-state index is -0.367. The molecule has 0 radical (unpaired) electrons. The maximum atomic E-state index is 12.6. The molecule has 0 unspecified atom stereocenters. The number of hydrogen-bond acceptors (Lipinski definition) is 7. The van der Waals surface area contributed by atoms with Crippen LogP contribution < -0.4 is 25.7 Å². The molecule has 1 heterocycles. The molecule has 2 N–H and O–H groups in total. The topological polar surface area (TPSA) is 124 Å². The first-order chi connectivity index (χ1) is 17.0. The van der Waals surface area contributed by atoms with E-state index in [1.54, 1.807) is 60.7 Å². The Labute approximate surface area is 200 Å². The first-order valence-electron chi connectivity index (χ1n) is 10.7. The Morgan fingerprint density at radius 3 is 2.20 bits per heavy atom. The van der Waals surface area contributed by atoms with E-state index in [0.29, 0.717) is 39.3 Å². The summed E-state index contributed by atoms with van der Waals surface area (Å²) in [4.78, 5) is 37.8. The van der Waals surface area contributed by atoms with Gasteiger partial charge in [-0.3, -0.25) is 14.4 Å². The summed E-state index contributed by atoms with van der Waals surface area (Å²) in [6, 6.07) is 18.7. The standard InChI is InChI=1S/C25H23N5O5/c1-34-21-15-20(27-24(32)16-8-4-3-5-9-16)22(35-2)14-19(21)26-23(31)12-13-30-25(33)17-10-6-7-11-18(17)28-29-30/h3-11,14-15H,12-13H2,1-2H3,(H,26,31)(H,27,32). The second kappa shape index (κ2) is 10.5. The van der Waals surface area contributed by atoms with E-state index in [1.807, 2.05) is 6.07 Å². The van der Waals surface area contributed by atoms with Crippen LogP contribution in [0.25, 0.3) is 10.9 Å². The van der Waals surface area contributed by atoms with E-state index in [9.17, 15) is 14.4 Å². The lowest BCUT2D eigenvalue weighted by molar-refractivity contribution is -0.116. The van der Waals surface area contributed by atoms with Crippen LogP contribution in [0, 0.1) is 0 Å². The molecule has 1 aromatic heterocycles. The van der Waals surface area contributed by atoms with Crippen molar-refractivity contribution in [1.29, 1.82) is 0 Å². The van der Waals surface area contributed by atoms with Gasteiger partial charge in [0, 0.05) is 24.1 Å². The van der Waals surface area contributed by atoms with Gasteiger partial charge < -0.3 is 20.1 Å². The van der Waals surface area contributed by atoms with E-state index in [0.717, 1.165) is 4.68 Å². The lowest BCUT2D eigenvalue weighted by atomic mass is 10.2. The van der Waals surface area contributed by atoms with Gasteiger partial charge >= 0.3 is 0 Å². The largest absolute Gasteiger partial charge is 0.494 e. The summed E-state index contributed by atoms with van der Waals surface area (Å²) in [6.07, 6.45) is -0.0229. The van der Waals surface area contributed by atoms with Crippen molar-refractivity contribution in [2.75, 3.05) is 24.9 Å². The number of rotatable bonds is 8.